The molecule has 0 spiro atoms. The zero-order valence-corrected chi connectivity index (χ0v) is 18.9. The predicted molar refractivity (Wildman–Crippen MR) is 125 cm³/mol. The Kier molecular flexibility index (Phi) is 5.61. The summed E-state index contributed by atoms with van der Waals surface area (Å²) in [4.78, 5) is 31.3. The fourth-order valence-electron chi connectivity index (χ4n) is 4.02. The van der Waals surface area contributed by atoms with Crippen LogP contribution in [0.15, 0.2) is 59.6 Å². The van der Waals surface area contributed by atoms with Gasteiger partial charge < -0.3 is 4.74 Å². The minimum Gasteiger partial charge on any atom is -0.497 e. The number of benzene rings is 2. The highest BCUT2D eigenvalue weighted by molar-refractivity contribution is 7.99. The Morgan fingerprint density at radius 2 is 1.73 bits per heavy atom. The van der Waals surface area contributed by atoms with Gasteiger partial charge in [0.1, 0.15) is 16.8 Å². The van der Waals surface area contributed by atoms with Crippen LogP contribution in [0.5, 0.6) is 5.75 Å². The first-order valence-electron chi connectivity index (χ1n) is 10.8. The summed E-state index contributed by atoms with van der Waals surface area (Å²) < 4.78 is 5.26. The first-order valence-corrected chi connectivity index (χ1v) is 11.8. The number of imide groups is 1. The Hall–Kier alpha value is -3.63. The molecule has 2 aliphatic rings. The van der Waals surface area contributed by atoms with Gasteiger partial charge in [-0.25, -0.2) is 4.98 Å². The summed E-state index contributed by atoms with van der Waals surface area (Å²) in [6.45, 7) is 0.259. The quantitative estimate of drug-likeness (QED) is 0.372. The van der Waals surface area contributed by atoms with Gasteiger partial charge in [-0.2, -0.15) is 5.26 Å². The third kappa shape index (κ3) is 3.98. The largest absolute Gasteiger partial charge is 0.497 e. The molecule has 7 heteroatoms. The standard InChI is InChI=1S/C26H21N3O3S/c1-32-18-10-8-16(9-11-18)21-14-23(17-6-7-17)28-24(22(21)15-27)33-13-12-29-25(30)19-4-2-3-5-20(19)26(29)31/h2-5,8-11,14,17H,6-7,12-13H2,1H3. The van der Waals surface area contributed by atoms with Gasteiger partial charge in [0, 0.05) is 29.5 Å². The molecule has 0 radical (unpaired) electrons. The summed E-state index contributed by atoms with van der Waals surface area (Å²) in [5, 5.41) is 10.6. The number of pyridine rings is 1. The van der Waals surface area contributed by atoms with E-state index >= 15 is 0 Å². The first kappa shape index (κ1) is 21.2. The highest BCUT2D eigenvalue weighted by Gasteiger charge is 2.35. The maximum absolute atomic E-state index is 12.6. The fraction of sp³-hybridized carbons (Fsp3) is 0.231. The lowest BCUT2D eigenvalue weighted by atomic mass is 10.00. The second kappa shape index (κ2) is 8.72. The lowest BCUT2D eigenvalue weighted by Gasteiger charge is -2.15. The number of ether oxygens (including phenoxy) is 1. The molecule has 1 aliphatic heterocycles. The number of carbonyl (C=O) groups excluding carboxylic acids is 2. The molecule has 1 aliphatic carbocycles. The minimum absolute atomic E-state index is 0.259. The minimum atomic E-state index is -0.268. The molecular formula is C26H21N3O3S. The highest BCUT2D eigenvalue weighted by Crippen LogP contribution is 2.42. The molecule has 0 atom stereocenters. The van der Waals surface area contributed by atoms with E-state index in [1.54, 1.807) is 31.4 Å². The zero-order chi connectivity index (χ0) is 22.9. The Labute approximate surface area is 196 Å². The van der Waals surface area contributed by atoms with E-state index in [1.165, 1.54) is 16.7 Å². The monoisotopic (exact) mass is 455 g/mol. The molecule has 2 amide bonds. The Balaban J connectivity index is 1.40. The van der Waals surface area contributed by atoms with Crippen LogP contribution in [0, 0.1) is 11.3 Å². The number of thioether (sulfide) groups is 1. The normalized spacial score (nSPS) is 14.8. The van der Waals surface area contributed by atoms with E-state index in [1.807, 2.05) is 30.3 Å². The number of hydrogen-bond acceptors (Lipinski definition) is 6. The molecule has 5 rings (SSSR count). The van der Waals surface area contributed by atoms with Crippen molar-refractivity contribution in [2.45, 2.75) is 23.8 Å². The van der Waals surface area contributed by atoms with E-state index in [2.05, 4.69) is 6.07 Å². The van der Waals surface area contributed by atoms with Gasteiger partial charge in [0.25, 0.3) is 11.8 Å². The van der Waals surface area contributed by atoms with Crippen LogP contribution < -0.4 is 4.74 Å². The van der Waals surface area contributed by atoms with Crippen molar-refractivity contribution in [1.82, 2.24) is 9.88 Å². The lowest BCUT2D eigenvalue weighted by Crippen LogP contribution is -2.31. The number of hydrogen-bond donors (Lipinski definition) is 0. The molecular weight excluding hydrogens is 434 g/mol. The number of nitriles is 1. The molecule has 0 unspecified atom stereocenters. The Bertz CT molecular complexity index is 1260. The molecule has 3 aromatic rings. The van der Waals surface area contributed by atoms with Crippen molar-refractivity contribution in [3.8, 4) is 22.9 Å². The van der Waals surface area contributed by atoms with E-state index in [0.717, 1.165) is 35.4 Å². The molecule has 33 heavy (non-hydrogen) atoms. The summed E-state index contributed by atoms with van der Waals surface area (Å²) >= 11 is 1.41. The smallest absolute Gasteiger partial charge is 0.261 e. The van der Waals surface area contributed by atoms with Gasteiger partial charge in [-0.3, -0.25) is 14.5 Å². The van der Waals surface area contributed by atoms with Crippen molar-refractivity contribution in [2.24, 2.45) is 0 Å². The summed E-state index contributed by atoms with van der Waals surface area (Å²) in [7, 11) is 1.62. The lowest BCUT2D eigenvalue weighted by molar-refractivity contribution is 0.0664. The van der Waals surface area contributed by atoms with E-state index in [4.69, 9.17) is 9.72 Å². The van der Waals surface area contributed by atoms with Gasteiger partial charge in [-0.1, -0.05) is 24.3 Å². The fourth-order valence-corrected chi connectivity index (χ4v) is 4.95. The molecule has 1 saturated carbocycles. The molecule has 6 nitrogen and oxygen atoms in total. The summed E-state index contributed by atoms with van der Waals surface area (Å²) in [5.41, 5.74) is 4.17. The molecule has 2 aromatic carbocycles. The van der Waals surface area contributed by atoms with Crippen molar-refractivity contribution in [1.29, 1.82) is 5.26 Å². The SMILES string of the molecule is COc1ccc(-c2cc(C3CC3)nc(SCCN3C(=O)c4ccccc4C3=O)c2C#N)cc1. The van der Waals surface area contributed by atoms with Crippen LogP contribution in [0.25, 0.3) is 11.1 Å². The predicted octanol–water partition coefficient (Wildman–Crippen LogP) is 4.89. The zero-order valence-electron chi connectivity index (χ0n) is 18.1. The van der Waals surface area contributed by atoms with E-state index in [9.17, 15) is 14.9 Å². The van der Waals surface area contributed by atoms with Crippen molar-refractivity contribution in [3.05, 3.63) is 77.0 Å². The molecule has 0 saturated heterocycles. The van der Waals surface area contributed by atoms with Crippen molar-refractivity contribution >= 4 is 23.6 Å². The second-order valence-corrected chi connectivity index (χ2v) is 9.13. The Morgan fingerprint density at radius 1 is 1.06 bits per heavy atom. The van der Waals surface area contributed by atoms with Crippen LogP contribution in [0.1, 0.15) is 50.7 Å². The van der Waals surface area contributed by atoms with Gasteiger partial charge in [-0.15, -0.1) is 11.8 Å². The van der Waals surface area contributed by atoms with Crippen LogP contribution in [-0.2, 0) is 0 Å². The van der Waals surface area contributed by atoms with Crippen LogP contribution >= 0.6 is 11.8 Å². The maximum Gasteiger partial charge on any atom is 0.261 e. The molecule has 2 heterocycles. The van der Waals surface area contributed by atoms with Crippen LogP contribution in [-0.4, -0.2) is 41.1 Å². The van der Waals surface area contributed by atoms with Crippen LogP contribution in [0.4, 0.5) is 0 Å². The summed E-state index contributed by atoms with van der Waals surface area (Å²) in [5.74, 6) is 1.10. The van der Waals surface area contributed by atoms with Crippen LogP contribution in [0.3, 0.4) is 0 Å². The number of rotatable bonds is 7. The number of methoxy groups -OCH3 is 1. The van der Waals surface area contributed by atoms with E-state index < -0.39 is 0 Å². The highest BCUT2D eigenvalue weighted by atomic mass is 32.2. The van der Waals surface area contributed by atoms with Crippen molar-refractivity contribution < 1.29 is 14.3 Å². The summed E-state index contributed by atoms with van der Waals surface area (Å²) in [6, 6.07) is 18.9. The number of carbonyl (C=O) groups is 2. The van der Waals surface area contributed by atoms with Gasteiger partial charge in [0.15, 0.2) is 0 Å². The van der Waals surface area contributed by atoms with Crippen molar-refractivity contribution in [2.75, 3.05) is 19.4 Å². The van der Waals surface area contributed by atoms with Gasteiger partial charge in [0.05, 0.1) is 23.8 Å². The third-order valence-electron chi connectivity index (χ3n) is 5.95. The molecule has 1 aromatic heterocycles. The first-order chi connectivity index (χ1) is 16.1. The Morgan fingerprint density at radius 3 is 2.30 bits per heavy atom. The number of nitrogens with zero attached hydrogens (tertiary/aromatic N) is 3. The topological polar surface area (TPSA) is 83.3 Å². The molecule has 164 valence electrons. The van der Waals surface area contributed by atoms with Gasteiger partial charge in [-0.05, 0) is 48.7 Å². The molecule has 0 bridgehead atoms. The second-order valence-electron chi connectivity index (χ2n) is 8.05. The molecule has 0 N–H and O–H groups in total. The van der Waals surface area contributed by atoms with E-state index in [0.29, 0.717) is 33.4 Å². The van der Waals surface area contributed by atoms with Crippen LogP contribution in [0.2, 0.25) is 0 Å². The van der Waals surface area contributed by atoms with Crippen molar-refractivity contribution in [3.63, 3.8) is 0 Å². The molecule has 1 fully saturated rings. The van der Waals surface area contributed by atoms with E-state index in [-0.39, 0.29) is 18.4 Å². The summed E-state index contributed by atoms with van der Waals surface area (Å²) in [6.07, 6.45) is 2.19. The number of fused-ring (bicyclic) bond motifs is 1. The maximum atomic E-state index is 12.6. The van der Waals surface area contributed by atoms with Gasteiger partial charge in [0.2, 0.25) is 0 Å². The average Bonchev–Trinajstić information content (AvgIpc) is 3.68. The number of aromatic nitrogens is 1. The van der Waals surface area contributed by atoms with Gasteiger partial charge >= 0.3 is 0 Å². The third-order valence-corrected chi connectivity index (χ3v) is 6.90. The number of amides is 2. The average molecular weight is 456 g/mol.